The Morgan fingerprint density at radius 2 is 1.74 bits per heavy atom. The van der Waals surface area contributed by atoms with E-state index in [2.05, 4.69) is 53.2 Å². The van der Waals surface area contributed by atoms with E-state index in [4.69, 9.17) is 9.73 Å². The molecule has 0 unspecified atom stereocenters. The second-order valence-corrected chi connectivity index (χ2v) is 8.91. The summed E-state index contributed by atoms with van der Waals surface area (Å²) in [6.07, 6.45) is 4.11. The number of hydrogen-bond acceptors (Lipinski definition) is 4. The van der Waals surface area contributed by atoms with E-state index in [1.54, 1.807) is 0 Å². The van der Waals surface area contributed by atoms with Gasteiger partial charge in [0.2, 0.25) is 0 Å². The lowest BCUT2D eigenvalue weighted by Crippen LogP contribution is -2.47. The van der Waals surface area contributed by atoms with Crippen LogP contribution in [0.1, 0.15) is 50.7 Å². The normalized spacial score (nSPS) is 19.5. The highest BCUT2D eigenvalue weighted by molar-refractivity contribution is 5.80. The summed E-state index contributed by atoms with van der Waals surface area (Å²) in [5.74, 6) is 1.66. The Hall–Kier alpha value is -2.08. The lowest BCUT2D eigenvalue weighted by atomic mass is 9.96. The number of nitrogens with zero attached hydrogens (tertiary/aromatic N) is 3. The minimum absolute atomic E-state index is 0.0388. The Kier molecular flexibility index (Phi) is 9.19. The second-order valence-electron chi connectivity index (χ2n) is 8.91. The summed E-state index contributed by atoms with van der Waals surface area (Å²) < 4.78 is 5.20. The maximum Gasteiger partial charge on any atom is 0.309 e. The van der Waals surface area contributed by atoms with Gasteiger partial charge in [0.05, 0.1) is 12.5 Å². The monoisotopic (exact) mass is 428 g/mol. The first-order chi connectivity index (χ1) is 15.1. The fraction of sp³-hybridized carbons (Fsp3) is 0.680. The molecule has 0 radical (unpaired) electrons. The SMILES string of the molecule is CCNC(=NCC1CCN(Cc2ccc(C)cc2)CC1)N1CCC(C(=O)OCC)CC1. The molecule has 1 aromatic rings. The third-order valence-corrected chi connectivity index (χ3v) is 6.48. The Labute approximate surface area is 188 Å². The van der Waals surface area contributed by atoms with Gasteiger partial charge in [-0.1, -0.05) is 29.8 Å². The molecular formula is C25H40N4O2. The van der Waals surface area contributed by atoms with E-state index in [9.17, 15) is 4.79 Å². The molecular weight excluding hydrogens is 388 g/mol. The number of ether oxygens (including phenoxy) is 1. The molecule has 2 aliphatic rings. The van der Waals surface area contributed by atoms with E-state index >= 15 is 0 Å². The van der Waals surface area contributed by atoms with Gasteiger partial charge in [0, 0.05) is 32.7 Å². The van der Waals surface area contributed by atoms with Crippen molar-refractivity contribution >= 4 is 11.9 Å². The summed E-state index contributed by atoms with van der Waals surface area (Å²) in [7, 11) is 0. The quantitative estimate of drug-likeness (QED) is 0.410. The van der Waals surface area contributed by atoms with Gasteiger partial charge in [-0.3, -0.25) is 14.7 Å². The zero-order chi connectivity index (χ0) is 22.1. The lowest BCUT2D eigenvalue weighted by molar-refractivity contribution is -0.149. The Bertz CT molecular complexity index is 703. The fourth-order valence-electron chi connectivity index (χ4n) is 4.51. The van der Waals surface area contributed by atoms with Crippen molar-refractivity contribution in [3.63, 3.8) is 0 Å². The van der Waals surface area contributed by atoms with Crippen LogP contribution in [0.5, 0.6) is 0 Å². The molecule has 2 aliphatic heterocycles. The van der Waals surface area contributed by atoms with Crippen molar-refractivity contribution in [2.24, 2.45) is 16.8 Å². The first-order valence-corrected chi connectivity index (χ1v) is 12.1. The molecule has 0 aromatic heterocycles. The second kappa shape index (κ2) is 12.1. The van der Waals surface area contributed by atoms with Gasteiger partial charge in [-0.05, 0) is 71.0 Å². The molecule has 0 spiro atoms. The Balaban J connectivity index is 1.44. The zero-order valence-corrected chi connectivity index (χ0v) is 19.6. The fourth-order valence-corrected chi connectivity index (χ4v) is 4.51. The number of carbonyl (C=O) groups excluding carboxylic acids is 1. The van der Waals surface area contributed by atoms with E-state index in [0.29, 0.717) is 12.5 Å². The molecule has 31 heavy (non-hydrogen) atoms. The molecule has 2 saturated heterocycles. The van der Waals surface area contributed by atoms with E-state index in [1.807, 2.05) is 6.92 Å². The molecule has 6 nitrogen and oxygen atoms in total. The number of likely N-dealkylation sites (tertiary alicyclic amines) is 2. The zero-order valence-electron chi connectivity index (χ0n) is 19.6. The maximum atomic E-state index is 12.0. The highest BCUT2D eigenvalue weighted by atomic mass is 16.5. The van der Waals surface area contributed by atoms with Crippen molar-refractivity contribution in [2.45, 2.75) is 53.0 Å². The topological polar surface area (TPSA) is 57.2 Å². The molecule has 0 atom stereocenters. The first-order valence-electron chi connectivity index (χ1n) is 12.1. The number of rotatable bonds is 7. The van der Waals surface area contributed by atoms with Crippen LogP contribution < -0.4 is 5.32 Å². The smallest absolute Gasteiger partial charge is 0.309 e. The number of aliphatic imine (C=N–C) groups is 1. The predicted molar refractivity (Wildman–Crippen MR) is 126 cm³/mol. The van der Waals surface area contributed by atoms with Crippen LogP contribution in [0.25, 0.3) is 0 Å². The Morgan fingerprint density at radius 3 is 2.35 bits per heavy atom. The largest absolute Gasteiger partial charge is 0.466 e. The maximum absolute atomic E-state index is 12.0. The number of aryl methyl sites for hydroxylation is 1. The molecule has 0 amide bonds. The molecule has 1 N–H and O–H groups in total. The highest BCUT2D eigenvalue weighted by Gasteiger charge is 2.27. The van der Waals surface area contributed by atoms with E-state index in [0.717, 1.165) is 64.6 Å². The van der Waals surface area contributed by atoms with Gasteiger partial charge >= 0.3 is 5.97 Å². The van der Waals surface area contributed by atoms with Crippen LogP contribution >= 0.6 is 0 Å². The third kappa shape index (κ3) is 7.23. The van der Waals surface area contributed by atoms with Gasteiger partial charge in [-0.15, -0.1) is 0 Å². The summed E-state index contributed by atoms with van der Waals surface area (Å²) in [6.45, 7) is 13.4. The average Bonchev–Trinajstić information content (AvgIpc) is 2.79. The summed E-state index contributed by atoms with van der Waals surface area (Å²) in [5, 5.41) is 3.46. The van der Waals surface area contributed by atoms with E-state index < -0.39 is 0 Å². The van der Waals surface area contributed by atoms with Crippen LogP contribution in [-0.2, 0) is 16.1 Å². The van der Waals surface area contributed by atoms with Crippen LogP contribution in [-0.4, -0.2) is 67.6 Å². The number of piperidine rings is 2. The lowest BCUT2D eigenvalue weighted by Gasteiger charge is -2.34. The number of carbonyl (C=O) groups is 1. The number of esters is 1. The molecule has 1 aromatic carbocycles. The number of hydrogen-bond donors (Lipinski definition) is 1. The summed E-state index contributed by atoms with van der Waals surface area (Å²) >= 11 is 0. The molecule has 0 saturated carbocycles. The van der Waals surface area contributed by atoms with Crippen LogP contribution in [0.15, 0.2) is 29.3 Å². The van der Waals surface area contributed by atoms with Crippen LogP contribution in [0, 0.1) is 18.8 Å². The summed E-state index contributed by atoms with van der Waals surface area (Å²) in [6, 6.07) is 8.91. The van der Waals surface area contributed by atoms with Crippen molar-refractivity contribution in [3.8, 4) is 0 Å². The van der Waals surface area contributed by atoms with E-state index in [1.165, 1.54) is 24.0 Å². The minimum atomic E-state index is -0.0403. The Morgan fingerprint density at radius 1 is 1.06 bits per heavy atom. The first kappa shape index (κ1) is 23.6. The van der Waals surface area contributed by atoms with Gasteiger partial charge in [0.15, 0.2) is 5.96 Å². The molecule has 2 heterocycles. The molecule has 3 rings (SSSR count). The minimum Gasteiger partial charge on any atom is -0.466 e. The van der Waals surface area contributed by atoms with Crippen molar-refractivity contribution in [1.82, 2.24) is 15.1 Å². The van der Waals surface area contributed by atoms with Crippen molar-refractivity contribution in [1.29, 1.82) is 0 Å². The number of benzene rings is 1. The van der Waals surface area contributed by atoms with Gasteiger partial charge in [0.1, 0.15) is 0 Å². The van der Waals surface area contributed by atoms with Gasteiger partial charge < -0.3 is 15.0 Å². The number of nitrogens with one attached hydrogen (secondary N) is 1. The third-order valence-electron chi connectivity index (χ3n) is 6.48. The van der Waals surface area contributed by atoms with Crippen LogP contribution in [0.3, 0.4) is 0 Å². The summed E-state index contributed by atoms with van der Waals surface area (Å²) in [4.78, 5) is 21.9. The van der Waals surface area contributed by atoms with Gasteiger partial charge in [-0.25, -0.2) is 0 Å². The highest BCUT2D eigenvalue weighted by Crippen LogP contribution is 2.21. The van der Waals surface area contributed by atoms with Crippen LogP contribution in [0.4, 0.5) is 0 Å². The van der Waals surface area contributed by atoms with Crippen molar-refractivity contribution in [3.05, 3.63) is 35.4 Å². The predicted octanol–water partition coefficient (Wildman–Crippen LogP) is 3.45. The van der Waals surface area contributed by atoms with Crippen molar-refractivity contribution < 1.29 is 9.53 Å². The molecule has 2 fully saturated rings. The molecule has 6 heteroatoms. The number of guanidine groups is 1. The van der Waals surface area contributed by atoms with Crippen LogP contribution in [0.2, 0.25) is 0 Å². The van der Waals surface area contributed by atoms with Gasteiger partial charge in [-0.2, -0.15) is 0 Å². The van der Waals surface area contributed by atoms with Gasteiger partial charge in [0.25, 0.3) is 0 Å². The molecule has 0 bridgehead atoms. The van der Waals surface area contributed by atoms with E-state index in [-0.39, 0.29) is 11.9 Å². The molecule has 172 valence electrons. The van der Waals surface area contributed by atoms with Crippen molar-refractivity contribution in [2.75, 3.05) is 45.9 Å². The molecule has 0 aliphatic carbocycles. The average molecular weight is 429 g/mol. The summed E-state index contributed by atoms with van der Waals surface area (Å²) in [5.41, 5.74) is 2.73. The standard InChI is InChI=1S/C25H40N4O2/c1-4-26-25(29-16-12-23(13-17-29)24(30)31-5-2)27-18-21-10-14-28(15-11-21)19-22-8-6-20(3)7-9-22/h6-9,21,23H,4-5,10-19H2,1-3H3,(H,26,27).